The van der Waals surface area contributed by atoms with E-state index in [1.807, 2.05) is 12.3 Å². The first-order valence-electron chi connectivity index (χ1n) is 5.67. The van der Waals surface area contributed by atoms with E-state index in [0.717, 1.165) is 5.69 Å². The number of aryl methyl sites for hydroxylation is 1. The van der Waals surface area contributed by atoms with E-state index in [0.29, 0.717) is 5.01 Å². The van der Waals surface area contributed by atoms with Crippen LogP contribution in [0.2, 0.25) is 0 Å². The summed E-state index contributed by atoms with van der Waals surface area (Å²) in [5.74, 6) is 0.176. The second-order valence-corrected chi connectivity index (χ2v) is 7.47. The highest BCUT2D eigenvalue weighted by Crippen LogP contribution is 2.28. The largest absolute Gasteiger partial charge is 0.450 e. The van der Waals surface area contributed by atoms with Gasteiger partial charge in [0.15, 0.2) is 4.67 Å². The molecule has 0 aliphatic rings. The first-order chi connectivity index (χ1) is 9.33. The maximum Gasteiger partial charge on any atom is 0.245 e. The van der Waals surface area contributed by atoms with Crippen LogP contribution >= 0.6 is 27.3 Å². The van der Waals surface area contributed by atoms with E-state index >= 15 is 0 Å². The highest BCUT2D eigenvalue weighted by molar-refractivity contribution is 9.10. The lowest BCUT2D eigenvalue weighted by Crippen LogP contribution is -2.26. The third-order valence-electron chi connectivity index (χ3n) is 2.49. The summed E-state index contributed by atoms with van der Waals surface area (Å²) in [7, 11) is -3.75. The normalized spacial score (nSPS) is 13.6. The number of thiazole rings is 1. The van der Waals surface area contributed by atoms with E-state index in [9.17, 15) is 8.42 Å². The van der Waals surface area contributed by atoms with Gasteiger partial charge in [-0.05, 0) is 29.8 Å². The Bertz CT molecular complexity index is 708. The van der Waals surface area contributed by atoms with E-state index < -0.39 is 16.1 Å². The number of rotatable bonds is 5. The molecular weight excluding hydrogens is 368 g/mol. The molecule has 0 fully saturated rings. The van der Waals surface area contributed by atoms with Crippen molar-refractivity contribution < 1.29 is 17.9 Å². The van der Waals surface area contributed by atoms with Crippen molar-refractivity contribution in [3.8, 4) is 0 Å². The van der Waals surface area contributed by atoms with Crippen molar-refractivity contribution in [3.63, 3.8) is 0 Å². The van der Waals surface area contributed by atoms with Gasteiger partial charge in [0.25, 0.3) is 0 Å². The van der Waals surface area contributed by atoms with Gasteiger partial charge in [0.2, 0.25) is 10.0 Å². The number of nitrogens with one attached hydrogen (secondary N) is 1. The highest BCUT2D eigenvalue weighted by atomic mass is 79.9. The van der Waals surface area contributed by atoms with Gasteiger partial charge in [-0.15, -0.1) is 11.3 Å². The molecule has 0 amide bonds. The standard InChI is InChI=1S/C11H13BrN2O4S2/c1-6-5-19-11(13-6)7(2)14-20(16,17)9-3-8(4-15)18-10(9)12/h3,5,7,14-15H,4H2,1-2H3. The average Bonchev–Trinajstić information content (AvgIpc) is 2.95. The number of nitrogens with zero attached hydrogens (tertiary/aromatic N) is 1. The summed E-state index contributed by atoms with van der Waals surface area (Å²) in [5.41, 5.74) is 0.850. The maximum absolute atomic E-state index is 12.3. The summed E-state index contributed by atoms with van der Waals surface area (Å²) < 4.78 is 32.2. The Morgan fingerprint density at radius 2 is 2.30 bits per heavy atom. The van der Waals surface area contributed by atoms with Crippen molar-refractivity contribution in [1.29, 1.82) is 0 Å². The van der Waals surface area contributed by atoms with Crippen LogP contribution in [0.15, 0.2) is 25.4 Å². The number of halogens is 1. The van der Waals surface area contributed by atoms with E-state index in [-0.39, 0.29) is 21.9 Å². The van der Waals surface area contributed by atoms with Crippen molar-refractivity contribution in [3.05, 3.63) is 32.6 Å². The fourth-order valence-electron chi connectivity index (χ4n) is 1.58. The van der Waals surface area contributed by atoms with Crippen LogP contribution in [0.1, 0.15) is 29.4 Å². The van der Waals surface area contributed by atoms with Crippen LogP contribution in [0.25, 0.3) is 0 Å². The van der Waals surface area contributed by atoms with Crippen molar-refractivity contribution >= 4 is 37.3 Å². The molecule has 1 atom stereocenters. The zero-order valence-electron chi connectivity index (χ0n) is 10.8. The van der Waals surface area contributed by atoms with Crippen LogP contribution in [0, 0.1) is 6.92 Å². The Hall–Kier alpha value is -0.740. The predicted molar refractivity (Wildman–Crippen MR) is 77.9 cm³/mol. The molecule has 0 bridgehead atoms. The van der Waals surface area contributed by atoms with Gasteiger partial charge in [0.1, 0.15) is 22.3 Å². The lowest BCUT2D eigenvalue weighted by atomic mass is 10.4. The Balaban J connectivity index is 2.24. The molecule has 0 aliphatic heterocycles. The molecule has 0 saturated carbocycles. The van der Waals surface area contributed by atoms with Crippen LogP contribution in [0.3, 0.4) is 0 Å². The minimum atomic E-state index is -3.75. The van der Waals surface area contributed by atoms with Gasteiger partial charge in [-0.3, -0.25) is 0 Å². The van der Waals surface area contributed by atoms with Crippen LogP contribution in [-0.2, 0) is 16.6 Å². The number of aromatic nitrogens is 1. The molecule has 6 nitrogen and oxygen atoms in total. The summed E-state index contributed by atoms with van der Waals surface area (Å²) in [5, 5.41) is 11.5. The molecule has 2 N–H and O–H groups in total. The molecule has 2 aromatic heterocycles. The number of aliphatic hydroxyl groups excluding tert-OH is 1. The molecule has 0 aliphatic carbocycles. The Kier molecular flexibility index (Phi) is 4.65. The SMILES string of the molecule is Cc1csc(C(C)NS(=O)(=O)c2cc(CO)oc2Br)n1. The fourth-order valence-corrected chi connectivity index (χ4v) is 4.66. The first-order valence-corrected chi connectivity index (χ1v) is 8.82. The minimum Gasteiger partial charge on any atom is -0.450 e. The highest BCUT2D eigenvalue weighted by Gasteiger charge is 2.25. The molecule has 2 rings (SSSR count). The molecule has 0 radical (unpaired) electrons. The summed E-state index contributed by atoms with van der Waals surface area (Å²) in [6.45, 7) is 3.20. The summed E-state index contributed by atoms with van der Waals surface area (Å²) in [6, 6.07) is 0.838. The summed E-state index contributed by atoms with van der Waals surface area (Å²) >= 11 is 4.43. The Labute approximate surface area is 129 Å². The van der Waals surface area contributed by atoms with E-state index in [1.54, 1.807) is 6.92 Å². The van der Waals surface area contributed by atoms with Crippen molar-refractivity contribution in [2.45, 2.75) is 31.4 Å². The lowest BCUT2D eigenvalue weighted by molar-refractivity contribution is 0.245. The van der Waals surface area contributed by atoms with E-state index in [2.05, 4.69) is 25.6 Å². The summed E-state index contributed by atoms with van der Waals surface area (Å²) in [6.07, 6.45) is 0. The minimum absolute atomic E-state index is 0.0401. The van der Waals surface area contributed by atoms with Gasteiger partial charge in [-0.25, -0.2) is 18.1 Å². The van der Waals surface area contributed by atoms with Gasteiger partial charge in [0, 0.05) is 17.1 Å². The predicted octanol–water partition coefficient (Wildman–Crippen LogP) is 2.34. The van der Waals surface area contributed by atoms with E-state index in [4.69, 9.17) is 9.52 Å². The molecule has 0 saturated heterocycles. The van der Waals surface area contributed by atoms with Crippen LogP contribution in [-0.4, -0.2) is 18.5 Å². The second kappa shape index (κ2) is 5.94. The first kappa shape index (κ1) is 15.6. The number of hydrogen-bond acceptors (Lipinski definition) is 6. The van der Waals surface area contributed by atoms with Gasteiger partial charge < -0.3 is 9.52 Å². The quantitative estimate of drug-likeness (QED) is 0.830. The molecular formula is C11H13BrN2O4S2. The molecule has 0 spiro atoms. The topological polar surface area (TPSA) is 92.4 Å². The Morgan fingerprint density at radius 1 is 1.60 bits per heavy atom. The van der Waals surface area contributed by atoms with Crippen LogP contribution < -0.4 is 4.72 Å². The van der Waals surface area contributed by atoms with E-state index in [1.165, 1.54) is 17.4 Å². The molecule has 2 aromatic rings. The average molecular weight is 381 g/mol. The maximum atomic E-state index is 12.3. The number of aliphatic hydroxyl groups is 1. The van der Waals surface area contributed by atoms with Crippen LogP contribution in [0.4, 0.5) is 0 Å². The zero-order valence-corrected chi connectivity index (χ0v) is 14.0. The number of furan rings is 1. The third-order valence-corrected chi connectivity index (χ3v) is 6.03. The lowest BCUT2D eigenvalue weighted by Gasteiger charge is -2.10. The molecule has 1 unspecified atom stereocenters. The van der Waals surface area contributed by atoms with Crippen molar-refractivity contribution in [2.24, 2.45) is 0 Å². The molecule has 0 aromatic carbocycles. The zero-order chi connectivity index (χ0) is 14.9. The van der Waals surface area contributed by atoms with Gasteiger partial charge >= 0.3 is 0 Å². The molecule has 110 valence electrons. The smallest absolute Gasteiger partial charge is 0.245 e. The van der Waals surface area contributed by atoms with Crippen molar-refractivity contribution in [1.82, 2.24) is 9.71 Å². The number of sulfonamides is 1. The Morgan fingerprint density at radius 3 is 2.80 bits per heavy atom. The van der Waals surface area contributed by atoms with Gasteiger partial charge in [-0.1, -0.05) is 0 Å². The fraction of sp³-hybridized carbons (Fsp3) is 0.364. The van der Waals surface area contributed by atoms with Crippen LogP contribution in [0.5, 0.6) is 0 Å². The van der Waals surface area contributed by atoms with Gasteiger partial charge in [0.05, 0.1) is 6.04 Å². The van der Waals surface area contributed by atoms with Crippen molar-refractivity contribution in [2.75, 3.05) is 0 Å². The molecule has 2 heterocycles. The third kappa shape index (κ3) is 3.29. The number of hydrogen-bond donors (Lipinski definition) is 2. The molecule has 9 heteroatoms. The molecule has 20 heavy (non-hydrogen) atoms. The monoisotopic (exact) mass is 380 g/mol. The second-order valence-electron chi connectivity index (χ2n) is 4.18. The summed E-state index contributed by atoms with van der Waals surface area (Å²) in [4.78, 5) is 4.21. The van der Waals surface area contributed by atoms with Gasteiger partial charge in [-0.2, -0.15) is 0 Å².